The lowest BCUT2D eigenvalue weighted by Crippen LogP contribution is -2.04. The molecule has 0 unspecified atom stereocenters. The Hall–Kier alpha value is -2.49. The van der Waals surface area contributed by atoms with E-state index in [1.807, 2.05) is 0 Å². The number of unbranched alkanes of at least 4 members (excludes halogenated alkanes) is 4. The summed E-state index contributed by atoms with van der Waals surface area (Å²) in [5.41, 5.74) is 0.608. The second-order valence-electron chi connectivity index (χ2n) is 7.14. The maximum absolute atomic E-state index is 14.4. The molecule has 148 valence electrons. The van der Waals surface area contributed by atoms with Crippen molar-refractivity contribution < 1.29 is 17.9 Å². The molecule has 0 aromatic heterocycles. The van der Waals surface area contributed by atoms with Gasteiger partial charge in [-0.3, -0.25) is 0 Å². The second kappa shape index (κ2) is 9.63. The van der Waals surface area contributed by atoms with E-state index in [4.69, 9.17) is 4.74 Å². The van der Waals surface area contributed by atoms with Crippen LogP contribution < -0.4 is 4.74 Å². The second-order valence-corrected chi connectivity index (χ2v) is 7.14. The summed E-state index contributed by atoms with van der Waals surface area (Å²) in [7, 11) is 0. The van der Waals surface area contributed by atoms with Crippen LogP contribution >= 0.6 is 0 Å². The predicted molar refractivity (Wildman–Crippen MR) is 107 cm³/mol. The van der Waals surface area contributed by atoms with Crippen LogP contribution in [0.25, 0.3) is 10.8 Å². The Bertz CT molecular complexity index is 913. The van der Waals surface area contributed by atoms with Crippen LogP contribution in [-0.2, 0) is 13.0 Å². The van der Waals surface area contributed by atoms with Gasteiger partial charge in [-0.05, 0) is 65.6 Å². The van der Waals surface area contributed by atoms with E-state index in [2.05, 4.69) is 6.92 Å². The summed E-state index contributed by atoms with van der Waals surface area (Å²) in [5.74, 6) is -0.980. The Kier molecular flexibility index (Phi) is 6.96. The van der Waals surface area contributed by atoms with Gasteiger partial charge < -0.3 is 4.74 Å². The largest absolute Gasteiger partial charge is 0.489 e. The van der Waals surface area contributed by atoms with Crippen molar-refractivity contribution in [3.63, 3.8) is 0 Å². The molecule has 0 atom stereocenters. The van der Waals surface area contributed by atoms with Crippen LogP contribution in [0.15, 0.2) is 48.5 Å². The summed E-state index contributed by atoms with van der Waals surface area (Å²) in [6.45, 7) is 1.96. The Morgan fingerprint density at radius 1 is 0.750 bits per heavy atom. The lowest BCUT2D eigenvalue weighted by atomic mass is 10.0. The van der Waals surface area contributed by atoms with Crippen LogP contribution in [0.2, 0.25) is 0 Å². The van der Waals surface area contributed by atoms with Crippen molar-refractivity contribution in [2.75, 3.05) is 0 Å². The van der Waals surface area contributed by atoms with Gasteiger partial charge in [-0.25, -0.2) is 13.2 Å². The summed E-state index contributed by atoms with van der Waals surface area (Å²) >= 11 is 0. The molecule has 0 heterocycles. The number of hydrogen-bond donors (Lipinski definition) is 0. The molecule has 28 heavy (non-hydrogen) atoms. The molecule has 3 rings (SSSR count). The minimum absolute atomic E-state index is 0.0751. The predicted octanol–water partition coefficient (Wildman–Crippen LogP) is 7.35. The molecule has 0 spiro atoms. The van der Waals surface area contributed by atoms with Crippen LogP contribution in [-0.4, -0.2) is 0 Å². The highest BCUT2D eigenvalue weighted by atomic mass is 19.1. The fraction of sp³-hybridized carbons (Fsp3) is 0.333. The molecular weight excluding hydrogens is 361 g/mol. The van der Waals surface area contributed by atoms with E-state index in [1.54, 1.807) is 24.3 Å². The van der Waals surface area contributed by atoms with Gasteiger partial charge in [0, 0.05) is 0 Å². The number of fused-ring (bicyclic) bond motifs is 1. The first-order valence-corrected chi connectivity index (χ1v) is 9.85. The first-order valence-electron chi connectivity index (χ1n) is 9.85. The fourth-order valence-corrected chi connectivity index (χ4v) is 3.31. The topological polar surface area (TPSA) is 9.23 Å². The third-order valence-corrected chi connectivity index (χ3v) is 4.93. The summed E-state index contributed by atoms with van der Waals surface area (Å²) in [6, 6.07) is 12.4. The van der Waals surface area contributed by atoms with E-state index in [1.165, 1.54) is 37.1 Å². The van der Waals surface area contributed by atoms with Gasteiger partial charge in [-0.1, -0.05) is 44.7 Å². The zero-order valence-electron chi connectivity index (χ0n) is 16.1. The molecule has 3 aromatic carbocycles. The van der Waals surface area contributed by atoms with Gasteiger partial charge in [-0.2, -0.15) is 0 Å². The number of ether oxygens (including phenoxy) is 1. The summed E-state index contributed by atoms with van der Waals surface area (Å²) in [5, 5.41) is 1.55. The Morgan fingerprint density at radius 3 is 2.18 bits per heavy atom. The molecule has 0 N–H and O–H groups in total. The molecule has 0 aliphatic heterocycles. The maximum Gasteiger partial charge on any atom is 0.133 e. The molecule has 0 radical (unpaired) electrons. The minimum atomic E-state index is -0.577. The number of halogens is 3. The molecule has 1 nitrogen and oxygen atoms in total. The first kappa shape index (κ1) is 20.2. The summed E-state index contributed by atoms with van der Waals surface area (Å²) in [4.78, 5) is 0. The lowest BCUT2D eigenvalue weighted by Gasteiger charge is -2.11. The summed E-state index contributed by atoms with van der Waals surface area (Å²) < 4.78 is 47.6. The van der Waals surface area contributed by atoms with Crippen molar-refractivity contribution in [1.29, 1.82) is 0 Å². The van der Waals surface area contributed by atoms with Crippen LogP contribution in [0.4, 0.5) is 13.2 Å². The fourth-order valence-electron chi connectivity index (χ4n) is 3.31. The van der Waals surface area contributed by atoms with Crippen molar-refractivity contribution in [3.05, 3.63) is 77.1 Å². The number of hydrogen-bond acceptors (Lipinski definition) is 1. The smallest absolute Gasteiger partial charge is 0.133 e. The lowest BCUT2D eigenvalue weighted by molar-refractivity contribution is 0.293. The third kappa shape index (κ3) is 5.28. The van der Waals surface area contributed by atoms with Gasteiger partial charge in [0.15, 0.2) is 0 Å². The molecule has 0 fully saturated rings. The van der Waals surface area contributed by atoms with E-state index >= 15 is 0 Å². The van der Waals surface area contributed by atoms with E-state index in [0.29, 0.717) is 17.7 Å². The van der Waals surface area contributed by atoms with Crippen LogP contribution in [0.3, 0.4) is 0 Å². The quantitative estimate of drug-likeness (QED) is 0.349. The number of aryl methyl sites for hydroxylation is 1. The SMILES string of the molecule is CCCCCCCc1cc(F)c(COc2ccc3cc(F)ccc3c2)c(F)c1. The highest BCUT2D eigenvalue weighted by Gasteiger charge is 2.12. The average molecular weight is 386 g/mol. The van der Waals surface area contributed by atoms with Crippen molar-refractivity contribution in [2.24, 2.45) is 0 Å². The molecule has 0 bridgehead atoms. The minimum Gasteiger partial charge on any atom is -0.489 e. The number of benzene rings is 3. The van der Waals surface area contributed by atoms with E-state index in [9.17, 15) is 13.2 Å². The Morgan fingerprint density at radius 2 is 1.43 bits per heavy atom. The number of rotatable bonds is 9. The average Bonchev–Trinajstić information content (AvgIpc) is 2.67. The van der Waals surface area contributed by atoms with Crippen molar-refractivity contribution in [2.45, 2.75) is 52.1 Å². The summed E-state index contributed by atoms with van der Waals surface area (Å²) in [6.07, 6.45) is 6.22. The highest BCUT2D eigenvalue weighted by Crippen LogP contribution is 2.24. The molecular formula is C24H25F3O. The highest BCUT2D eigenvalue weighted by molar-refractivity contribution is 5.83. The van der Waals surface area contributed by atoms with E-state index in [-0.39, 0.29) is 18.0 Å². The molecule has 0 saturated carbocycles. The zero-order chi connectivity index (χ0) is 19.9. The monoisotopic (exact) mass is 386 g/mol. The van der Waals surface area contributed by atoms with Gasteiger partial charge >= 0.3 is 0 Å². The van der Waals surface area contributed by atoms with Crippen LogP contribution in [0, 0.1) is 17.5 Å². The van der Waals surface area contributed by atoms with Gasteiger partial charge in [0.2, 0.25) is 0 Å². The molecule has 0 aliphatic rings. The molecule has 0 saturated heterocycles. The van der Waals surface area contributed by atoms with Gasteiger partial charge in [0.05, 0.1) is 5.56 Å². The Balaban J connectivity index is 1.63. The third-order valence-electron chi connectivity index (χ3n) is 4.93. The van der Waals surface area contributed by atoms with Crippen molar-refractivity contribution in [3.8, 4) is 5.75 Å². The first-order chi connectivity index (χ1) is 13.6. The van der Waals surface area contributed by atoms with Gasteiger partial charge in [-0.15, -0.1) is 0 Å². The van der Waals surface area contributed by atoms with Crippen molar-refractivity contribution >= 4 is 10.8 Å². The van der Waals surface area contributed by atoms with Gasteiger partial charge in [0.1, 0.15) is 29.8 Å². The van der Waals surface area contributed by atoms with E-state index in [0.717, 1.165) is 30.0 Å². The Labute approximate surface area is 164 Å². The van der Waals surface area contributed by atoms with Gasteiger partial charge in [0.25, 0.3) is 0 Å². The van der Waals surface area contributed by atoms with Crippen molar-refractivity contribution in [1.82, 2.24) is 0 Å². The normalized spacial score (nSPS) is 11.1. The molecule has 0 amide bonds. The maximum atomic E-state index is 14.4. The zero-order valence-corrected chi connectivity index (χ0v) is 16.1. The van der Waals surface area contributed by atoms with E-state index < -0.39 is 11.6 Å². The molecule has 3 aromatic rings. The molecule has 4 heteroatoms. The standard InChI is InChI=1S/C24H25F3O/c1-2-3-4-5-6-7-17-12-23(26)22(24(27)13-17)16-28-21-11-9-18-14-20(25)10-8-19(18)15-21/h8-15H,2-7,16H2,1H3. The molecule has 0 aliphatic carbocycles. The van der Waals surface area contributed by atoms with Crippen LogP contribution in [0.5, 0.6) is 5.75 Å². The van der Waals surface area contributed by atoms with Crippen LogP contribution in [0.1, 0.15) is 50.2 Å².